The lowest BCUT2D eigenvalue weighted by atomic mass is 9.98. The highest BCUT2D eigenvalue weighted by Gasteiger charge is 2.48. The van der Waals surface area contributed by atoms with Gasteiger partial charge in [0.15, 0.2) is 23.2 Å². The maximum Gasteiger partial charge on any atom is 0.229 e. The third-order valence-electron chi connectivity index (χ3n) is 9.27. The Morgan fingerprint density at radius 1 is 0.642 bits per heavy atom. The number of hydrogen-bond acceptors (Lipinski definition) is 20. The number of fused-ring (bicyclic) bond motifs is 1. The average Bonchev–Trinajstić information content (AvgIpc) is 3.12. The van der Waals surface area contributed by atoms with Crippen molar-refractivity contribution < 1.29 is 94.1 Å². The molecule has 53 heavy (non-hydrogen) atoms. The summed E-state index contributed by atoms with van der Waals surface area (Å²) in [7, 11) is 0. The molecule has 0 unspecified atom stereocenters. The molecule has 20 heteroatoms. The number of hydrogen-bond donors (Lipinski definition) is 12. The van der Waals surface area contributed by atoms with Crippen LogP contribution >= 0.6 is 0 Å². The second kappa shape index (κ2) is 15.6. The fourth-order valence-corrected chi connectivity index (χ4v) is 6.13. The quantitative estimate of drug-likeness (QED) is 0.0992. The molecule has 4 heterocycles. The standard InChI is InChI=1S/C33H40O20/c1-10-22(38)25(41)28(44)31(48-10)47-9-20-24(40)27(43)29(45)32(53-20)49-12-5-14(36)21-15(37)7-16(50-18(21)6-12)11-2-3-13(35)17(4-11)51-33-30(46)26(42)23(39)19(8-34)52-33/h2-7,10,19-20,22-36,38-46H,8-9H2,1H3/t10-,19-,20-,22-,23-,24-,25-,26-,27-,28+,29-,30-,31+,32-,33-/m0/s1. The van der Waals surface area contributed by atoms with Crippen LogP contribution in [0.25, 0.3) is 22.3 Å². The summed E-state index contributed by atoms with van der Waals surface area (Å²) in [6.07, 6.45) is -23.8. The Morgan fingerprint density at radius 3 is 1.92 bits per heavy atom. The first-order valence-corrected chi connectivity index (χ1v) is 16.4. The summed E-state index contributed by atoms with van der Waals surface area (Å²) in [5.41, 5.74) is -0.837. The summed E-state index contributed by atoms with van der Waals surface area (Å²) < 4.78 is 38.9. The van der Waals surface area contributed by atoms with E-state index in [4.69, 9.17) is 32.8 Å². The Bertz CT molecular complexity index is 1800. The molecule has 0 amide bonds. The zero-order chi connectivity index (χ0) is 38.5. The highest BCUT2D eigenvalue weighted by Crippen LogP contribution is 2.37. The summed E-state index contributed by atoms with van der Waals surface area (Å²) in [5, 5.41) is 123. The Balaban J connectivity index is 1.21. The first-order chi connectivity index (χ1) is 25.1. The Morgan fingerprint density at radius 2 is 1.25 bits per heavy atom. The molecule has 3 saturated heterocycles. The number of ether oxygens (including phenoxy) is 6. The number of aliphatic hydroxyl groups excluding tert-OH is 10. The van der Waals surface area contributed by atoms with Crippen molar-refractivity contribution in [2.45, 2.75) is 99.0 Å². The molecule has 0 spiro atoms. The fraction of sp³-hybridized carbons (Fsp3) is 0.545. The van der Waals surface area contributed by atoms with Crippen LogP contribution in [0.5, 0.6) is 23.0 Å². The Labute approximate surface area is 298 Å². The van der Waals surface area contributed by atoms with Crippen molar-refractivity contribution in [1.82, 2.24) is 0 Å². The summed E-state index contributed by atoms with van der Waals surface area (Å²) in [4.78, 5) is 13.1. The van der Waals surface area contributed by atoms with Gasteiger partial charge in [0.1, 0.15) is 95.4 Å². The average molecular weight is 757 g/mol. The monoisotopic (exact) mass is 756 g/mol. The molecule has 2 aromatic carbocycles. The number of phenolic OH excluding ortho intramolecular Hbond substituents is 2. The molecule has 15 atom stereocenters. The maximum atomic E-state index is 13.1. The van der Waals surface area contributed by atoms with Gasteiger partial charge in [0, 0.05) is 23.8 Å². The van der Waals surface area contributed by atoms with Crippen LogP contribution in [-0.2, 0) is 18.9 Å². The highest BCUT2D eigenvalue weighted by atomic mass is 16.7. The Hall–Kier alpha value is -3.71. The predicted molar refractivity (Wildman–Crippen MR) is 171 cm³/mol. The molecular weight excluding hydrogens is 716 g/mol. The van der Waals surface area contributed by atoms with Gasteiger partial charge in [0.2, 0.25) is 12.6 Å². The van der Waals surface area contributed by atoms with Gasteiger partial charge in [0.05, 0.1) is 19.3 Å². The van der Waals surface area contributed by atoms with Gasteiger partial charge in [-0.25, -0.2) is 0 Å². The maximum absolute atomic E-state index is 13.1. The van der Waals surface area contributed by atoms with Gasteiger partial charge in [-0.3, -0.25) is 4.79 Å². The predicted octanol–water partition coefficient (Wildman–Crippen LogP) is -3.92. The number of aliphatic hydroxyl groups is 10. The van der Waals surface area contributed by atoms with E-state index in [0.717, 1.165) is 24.3 Å². The van der Waals surface area contributed by atoms with Gasteiger partial charge in [-0.15, -0.1) is 0 Å². The molecule has 12 N–H and O–H groups in total. The van der Waals surface area contributed by atoms with E-state index in [1.54, 1.807) is 0 Å². The van der Waals surface area contributed by atoms with Crippen LogP contribution < -0.4 is 14.9 Å². The number of phenols is 2. The molecule has 3 aliphatic heterocycles. The van der Waals surface area contributed by atoms with E-state index in [-0.39, 0.29) is 33.8 Å². The van der Waals surface area contributed by atoms with Crippen molar-refractivity contribution in [2.24, 2.45) is 0 Å². The zero-order valence-electron chi connectivity index (χ0n) is 27.7. The molecule has 0 bridgehead atoms. The molecule has 0 aliphatic carbocycles. The van der Waals surface area contributed by atoms with Gasteiger partial charge in [0.25, 0.3) is 0 Å². The lowest BCUT2D eigenvalue weighted by molar-refractivity contribution is -0.318. The molecule has 292 valence electrons. The van der Waals surface area contributed by atoms with E-state index >= 15 is 0 Å². The van der Waals surface area contributed by atoms with Crippen molar-refractivity contribution in [2.75, 3.05) is 13.2 Å². The van der Waals surface area contributed by atoms with Crippen molar-refractivity contribution in [3.63, 3.8) is 0 Å². The highest BCUT2D eigenvalue weighted by molar-refractivity contribution is 5.86. The number of aromatic hydroxyl groups is 2. The normalized spacial score (nSPS) is 37.8. The molecule has 3 aliphatic rings. The van der Waals surface area contributed by atoms with Crippen molar-refractivity contribution in [3.8, 4) is 34.3 Å². The minimum atomic E-state index is -1.86. The second-order valence-corrected chi connectivity index (χ2v) is 12.9. The van der Waals surface area contributed by atoms with Crippen LogP contribution in [0.2, 0.25) is 0 Å². The van der Waals surface area contributed by atoms with E-state index in [0.29, 0.717) is 0 Å². The molecule has 1 aromatic heterocycles. The third kappa shape index (κ3) is 7.65. The van der Waals surface area contributed by atoms with E-state index in [9.17, 15) is 66.1 Å². The van der Waals surface area contributed by atoms with Gasteiger partial charge in [-0.1, -0.05) is 0 Å². The molecule has 20 nitrogen and oxygen atoms in total. The second-order valence-electron chi connectivity index (χ2n) is 12.9. The lowest BCUT2D eigenvalue weighted by Crippen LogP contribution is -2.61. The minimum Gasteiger partial charge on any atom is -0.507 e. The molecule has 0 radical (unpaired) electrons. The van der Waals surface area contributed by atoms with Gasteiger partial charge >= 0.3 is 0 Å². The first kappa shape index (κ1) is 39.0. The lowest BCUT2D eigenvalue weighted by Gasteiger charge is -2.42. The largest absolute Gasteiger partial charge is 0.507 e. The smallest absolute Gasteiger partial charge is 0.229 e. The third-order valence-corrected chi connectivity index (χ3v) is 9.27. The van der Waals surface area contributed by atoms with Crippen molar-refractivity contribution in [3.05, 3.63) is 46.6 Å². The molecule has 6 rings (SSSR count). The van der Waals surface area contributed by atoms with Gasteiger partial charge in [-0.05, 0) is 25.1 Å². The fourth-order valence-electron chi connectivity index (χ4n) is 6.13. The number of rotatable bonds is 9. The topological polar surface area (TPSA) is 328 Å². The van der Waals surface area contributed by atoms with Gasteiger partial charge < -0.3 is 94.1 Å². The van der Waals surface area contributed by atoms with E-state index in [2.05, 4.69) is 0 Å². The molecular formula is C33H40O20. The molecule has 0 saturated carbocycles. The van der Waals surface area contributed by atoms with E-state index < -0.39 is 122 Å². The van der Waals surface area contributed by atoms with Crippen LogP contribution in [0.1, 0.15) is 6.92 Å². The minimum absolute atomic E-state index is 0.124. The van der Waals surface area contributed by atoms with E-state index in [1.165, 1.54) is 19.1 Å². The van der Waals surface area contributed by atoms with Crippen LogP contribution in [0.4, 0.5) is 0 Å². The summed E-state index contributed by atoms with van der Waals surface area (Å²) in [6.45, 7) is 0.151. The molecule has 3 aromatic rings. The van der Waals surface area contributed by atoms with Crippen LogP contribution in [0.3, 0.4) is 0 Å². The van der Waals surface area contributed by atoms with Crippen molar-refractivity contribution >= 4 is 11.0 Å². The molecule has 3 fully saturated rings. The Kier molecular flexibility index (Phi) is 11.5. The van der Waals surface area contributed by atoms with Gasteiger partial charge in [-0.2, -0.15) is 0 Å². The van der Waals surface area contributed by atoms with Crippen molar-refractivity contribution in [1.29, 1.82) is 0 Å². The number of benzene rings is 2. The van der Waals surface area contributed by atoms with Crippen LogP contribution in [0, 0.1) is 0 Å². The summed E-state index contributed by atoms with van der Waals surface area (Å²) in [5.74, 6) is -1.75. The van der Waals surface area contributed by atoms with Crippen LogP contribution in [0.15, 0.2) is 45.6 Å². The summed E-state index contributed by atoms with van der Waals surface area (Å²) >= 11 is 0. The summed E-state index contributed by atoms with van der Waals surface area (Å²) in [6, 6.07) is 6.88. The van der Waals surface area contributed by atoms with E-state index in [1.807, 2.05) is 0 Å². The van der Waals surface area contributed by atoms with Crippen LogP contribution in [-0.4, -0.2) is 167 Å². The SMILES string of the molecule is C[C@@H]1O[C@@H](OC[C@@H]2O[C@H](Oc3cc(O)c4c(=O)cc(-c5ccc(O)c(O[C@H]6O[C@@H](CO)[C@H](O)[C@H](O)[C@@H]6O)c5)oc4c3)[C@@H](O)[C@@H](O)[C@H]2O)[C@H](O)[C@@H](O)[C@H]1O. The first-order valence-electron chi connectivity index (χ1n) is 16.4. The zero-order valence-corrected chi connectivity index (χ0v) is 27.7.